The van der Waals surface area contributed by atoms with E-state index < -0.39 is 6.17 Å². The number of carbonyl (C=O) groups is 1. The highest BCUT2D eigenvalue weighted by Crippen LogP contribution is 2.38. The monoisotopic (exact) mass is 391 g/mol. The Kier molecular flexibility index (Phi) is 4.95. The lowest BCUT2D eigenvalue weighted by Gasteiger charge is -2.27. The standard InChI is InChI=1S/C22H21N3O4/c1-27-16-8-6-15(7-9-16)25-21(20-19(22(25)26)5-4-10-23-20)24-14-11-17(28-2)13-18(12-14)29-3/h4-13,21,24H,1-3H3. The zero-order chi connectivity index (χ0) is 20.4. The van der Waals surface area contributed by atoms with Crippen LogP contribution < -0.4 is 24.4 Å². The Morgan fingerprint density at radius 3 is 2.17 bits per heavy atom. The molecule has 1 aromatic heterocycles. The molecule has 4 rings (SSSR count). The van der Waals surface area contributed by atoms with Gasteiger partial charge < -0.3 is 19.5 Å². The Labute approximate surface area is 168 Å². The first-order valence-corrected chi connectivity index (χ1v) is 9.06. The number of carbonyl (C=O) groups excluding carboxylic acids is 1. The van der Waals surface area contributed by atoms with Gasteiger partial charge in [0.2, 0.25) is 0 Å². The summed E-state index contributed by atoms with van der Waals surface area (Å²) in [7, 11) is 4.80. The molecular formula is C22H21N3O4. The number of nitrogens with one attached hydrogen (secondary N) is 1. The van der Waals surface area contributed by atoms with E-state index in [9.17, 15) is 4.79 Å². The van der Waals surface area contributed by atoms with E-state index in [4.69, 9.17) is 14.2 Å². The third-order valence-corrected chi connectivity index (χ3v) is 4.81. The number of amides is 1. The second-order valence-corrected chi connectivity index (χ2v) is 6.46. The van der Waals surface area contributed by atoms with Crippen LogP contribution in [0.4, 0.5) is 11.4 Å². The smallest absolute Gasteiger partial charge is 0.262 e. The number of methoxy groups -OCH3 is 3. The van der Waals surface area contributed by atoms with Crippen molar-refractivity contribution in [2.24, 2.45) is 0 Å². The molecule has 0 spiro atoms. The number of benzene rings is 2. The summed E-state index contributed by atoms with van der Waals surface area (Å²) in [6.07, 6.45) is 1.20. The first-order chi connectivity index (χ1) is 14.1. The molecule has 7 heteroatoms. The van der Waals surface area contributed by atoms with Crippen LogP contribution in [0.5, 0.6) is 17.2 Å². The van der Waals surface area contributed by atoms with Crippen LogP contribution in [0.2, 0.25) is 0 Å². The van der Waals surface area contributed by atoms with Gasteiger partial charge in [0.1, 0.15) is 17.2 Å². The summed E-state index contributed by atoms with van der Waals surface area (Å²) >= 11 is 0. The zero-order valence-electron chi connectivity index (χ0n) is 16.4. The topological polar surface area (TPSA) is 72.9 Å². The number of rotatable bonds is 6. The van der Waals surface area contributed by atoms with Gasteiger partial charge in [-0.15, -0.1) is 0 Å². The predicted molar refractivity (Wildman–Crippen MR) is 110 cm³/mol. The number of aromatic nitrogens is 1. The van der Waals surface area contributed by atoms with Gasteiger partial charge in [-0.3, -0.25) is 14.7 Å². The molecule has 0 fully saturated rings. The van der Waals surface area contributed by atoms with Gasteiger partial charge in [0.15, 0.2) is 6.17 Å². The van der Waals surface area contributed by atoms with Gasteiger partial charge in [0.25, 0.3) is 5.91 Å². The van der Waals surface area contributed by atoms with Crippen LogP contribution in [0.1, 0.15) is 22.2 Å². The third-order valence-electron chi connectivity index (χ3n) is 4.81. The average molecular weight is 391 g/mol. The molecule has 0 saturated heterocycles. The third kappa shape index (κ3) is 3.42. The lowest BCUT2D eigenvalue weighted by molar-refractivity contribution is 0.0993. The maximum absolute atomic E-state index is 13.2. The van der Waals surface area contributed by atoms with Gasteiger partial charge >= 0.3 is 0 Å². The van der Waals surface area contributed by atoms with E-state index in [1.807, 2.05) is 36.4 Å². The zero-order valence-corrected chi connectivity index (χ0v) is 16.4. The summed E-state index contributed by atoms with van der Waals surface area (Å²) < 4.78 is 16.0. The van der Waals surface area contributed by atoms with Crippen molar-refractivity contribution in [3.8, 4) is 17.2 Å². The first kappa shape index (κ1) is 18.6. The van der Waals surface area contributed by atoms with Crippen LogP contribution >= 0.6 is 0 Å². The van der Waals surface area contributed by atoms with Crippen molar-refractivity contribution in [2.45, 2.75) is 6.17 Å². The maximum Gasteiger partial charge on any atom is 0.262 e. The molecule has 148 valence electrons. The Bertz CT molecular complexity index is 1010. The second-order valence-electron chi connectivity index (χ2n) is 6.46. The van der Waals surface area contributed by atoms with Gasteiger partial charge in [-0.25, -0.2) is 0 Å². The molecule has 0 saturated carbocycles. The molecule has 0 radical (unpaired) electrons. The molecule has 1 amide bonds. The van der Waals surface area contributed by atoms with Gasteiger partial charge in [-0.1, -0.05) is 0 Å². The highest BCUT2D eigenvalue weighted by molar-refractivity contribution is 6.11. The van der Waals surface area contributed by atoms with E-state index in [1.165, 1.54) is 0 Å². The van der Waals surface area contributed by atoms with E-state index in [1.54, 1.807) is 50.6 Å². The molecule has 1 unspecified atom stereocenters. The Morgan fingerprint density at radius 1 is 0.897 bits per heavy atom. The summed E-state index contributed by atoms with van der Waals surface area (Å²) in [5, 5.41) is 3.41. The van der Waals surface area contributed by atoms with Crippen LogP contribution in [-0.4, -0.2) is 32.2 Å². The van der Waals surface area contributed by atoms with Gasteiger partial charge in [-0.2, -0.15) is 0 Å². The average Bonchev–Trinajstić information content (AvgIpc) is 3.05. The molecular weight excluding hydrogens is 370 g/mol. The highest BCUT2D eigenvalue weighted by Gasteiger charge is 2.39. The molecule has 1 aliphatic heterocycles. The summed E-state index contributed by atoms with van der Waals surface area (Å²) in [6.45, 7) is 0. The molecule has 3 aromatic rings. The van der Waals surface area contributed by atoms with E-state index >= 15 is 0 Å². The van der Waals surface area contributed by atoms with Crippen LogP contribution in [0.25, 0.3) is 0 Å². The second kappa shape index (κ2) is 7.71. The van der Waals surface area contributed by atoms with Gasteiger partial charge in [0, 0.05) is 35.8 Å². The molecule has 29 heavy (non-hydrogen) atoms. The number of ether oxygens (including phenoxy) is 3. The Balaban J connectivity index is 1.76. The summed E-state index contributed by atoms with van der Waals surface area (Å²) in [4.78, 5) is 19.3. The number of hydrogen-bond donors (Lipinski definition) is 1. The van der Waals surface area contributed by atoms with Crippen molar-refractivity contribution in [2.75, 3.05) is 31.5 Å². The van der Waals surface area contributed by atoms with Crippen molar-refractivity contribution < 1.29 is 19.0 Å². The minimum Gasteiger partial charge on any atom is -0.497 e. The number of anilines is 2. The molecule has 1 N–H and O–H groups in total. The van der Waals surface area contributed by atoms with Crippen LogP contribution in [-0.2, 0) is 0 Å². The Morgan fingerprint density at radius 2 is 1.55 bits per heavy atom. The van der Waals surface area contributed by atoms with Crippen molar-refractivity contribution >= 4 is 17.3 Å². The largest absolute Gasteiger partial charge is 0.497 e. The lowest BCUT2D eigenvalue weighted by atomic mass is 10.2. The molecule has 7 nitrogen and oxygen atoms in total. The normalized spacial score (nSPS) is 15.1. The SMILES string of the molecule is COc1ccc(N2C(=O)c3cccnc3C2Nc2cc(OC)cc(OC)c2)cc1. The minimum atomic E-state index is -0.482. The number of nitrogens with zero attached hydrogens (tertiary/aromatic N) is 2. The fourth-order valence-corrected chi connectivity index (χ4v) is 3.38. The molecule has 0 aliphatic carbocycles. The summed E-state index contributed by atoms with van der Waals surface area (Å²) in [5.41, 5.74) is 2.71. The van der Waals surface area contributed by atoms with Crippen molar-refractivity contribution in [1.29, 1.82) is 0 Å². The fraction of sp³-hybridized carbons (Fsp3) is 0.182. The number of fused-ring (bicyclic) bond motifs is 1. The van der Waals surface area contributed by atoms with Crippen molar-refractivity contribution in [3.63, 3.8) is 0 Å². The van der Waals surface area contributed by atoms with E-state index in [0.29, 0.717) is 22.8 Å². The number of hydrogen-bond acceptors (Lipinski definition) is 6. The van der Waals surface area contributed by atoms with Gasteiger partial charge in [-0.05, 0) is 36.4 Å². The quantitative estimate of drug-likeness (QED) is 0.688. The van der Waals surface area contributed by atoms with Crippen molar-refractivity contribution in [1.82, 2.24) is 4.98 Å². The summed E-state index contributed by atoms with van der Waals surface area (Å²) in [5.74, 6) is 1.89. The molecule has 2 aromatic carbocycles. The molecule has 1 atom stereocenters. The van der Waals surface area contributed by atoms with Crippen LogP contribution in [0.15, 0.2) is 60.8 Å². The molecule has 2 heterocycles. The van der Waals surface area contributed by atoms with Gasteiger partial charge in [0.05, 0.1) is 32.6 Å². The molecule has 1 aliphatic rings. The molecule has 0 bridgehead atoms. The van der Waals surface area contributed by atoms with Crippen LogP contribution in [0.3, 0.4) is 0 Å². The van der Waals surface area contributed by atoms with Crippen molar-refractivity contribution in [3.05, 3.63) is 72.1 Å². The summed E-state index contributed by atoms with van der Waals surface area (Å²) in [6, 6.07) is 16.4. The van der Waals surface area contributed by atoms with E-state index in [0.717, 1.165) is 17.1 Å². The van der Waals surface area contributed by atoms with Crippen LogP contribution in [0, 0.1) is 0 Å². The maximum atomic E-state index is 13.2. The lowest BCUT2D eigenvalue weighted by Crippen LogP contribution is -2.32. The highest BCUT2D eigenvalue weighted by atomic mass is 16.5. The van der Waals surface area contributed by atoms with E-state index in [-0.39, 0.29) is 5.91 Å². The minimum absolute atomic E-state index is 0.120. The Hall–Kier alpha value is -3.74. The predicted octanol–water partition coefficient (Wildman–Crippen LogP) is 3.88. The number of pyridine rings is 1. The fourth-order valence-electron chi connectivity index (χ4n) is 3.38. The first-order valence-electron chi connectivity index (χ1n) is 9.06. The van der Waals surface area contributed by atoms with E-state index in [2.05, 4.69) is 10.3 Å².